The molecular formula is C13H15N3O3S. The number of rotatable bonds is 6. The summed E-state index contributed by atoms with van der Waals surface area (Å²) in [6.07, 6.45) is 1.80. The van der Waals surface area contributed by atoms with Gasteiger partial charge in [0, 0.05) is 0 Å². The first-order valence-electron chi connectivity index (χ1n) is 6.23. The lowest BCUT2D eigenvalue weighted by molar-refractivity contribution is -0.133. The third kappa shape index (κ3) is 3.11. The Morgan fingerprint density at radius 1 is 1.45 bits per heavy atom. The van der Waals surface area contributed by atoms with E-state index < -0.39 is 5.97 Å². The molecule has 0 saturated carbocycles. The molecule has 0 aliphatic carbocycles. The number of carboxylic acids is 1. The third-order valence-corrected chi connectivity index (χ3v) is 3.64. The van der Waals surface area contributed by atoms with Crippen LogP contribution in [-0.4, -0.2) is 31.6 Å². The van der Waals surface area contributed by atoms with Crippen molar-refractivity contribution in [1.82, 2.24) is 14.8 Å². The molecule has 2 N–H and O–H groups in total. The maximum atomic E-state index is 11.9. The predicted molar refractivity (Wildman–Crippen MR) is 76.5 cm³/mol. The number of aromatic nitrogens is 3. The van der Waals surface area contributed by atoms with Crippen LogP contribution in [0.3, 0.4) is 0 Å². The van der Waals surface area contributed by atoms with Gasteiger partial charge in [-0.2, -0.15) is 0 Å². The van der Waals surface area contributed by atoms with Crippen LogP contribution in [0.1, 0.15) is 18.9 Å². The van der Waals surface area contributed by atoms with Crippen molar-refractivity contribution >= 4 is 17.7 Å². The van der Waals surface area contributed by atoms with Crippen molar-refractivity contribution in [1.29, 1.82) is 0 Å². The molecule has 2 aromatic rings. The summed E-state index contributed by atoms with van der Waals surface area (Å²) in [5.74, 6) is -1.08. The van der Waals surface area contributed by atoms with E-state index in [1.807, 2.05) is 24.3 Å². The summed E-state index contributed by atoms with van der Waals surface area (Å²) >= 11 is 1.02. The molecule has 1 aromatic carbocycles. The Kier molecular flexibility index (Phi) is 4.62. The predicted octanol–water partition coefficient (Wildman–Crippen LogP) is 1.69. The monoisotopic (exact) mass is 293 g/mol. The van der Waals surface area contributed by atoms with E-state index in [-0.39, 0.29) is 11.4 Å². The second-order valence-electron chi connectivity index (χ2n) is 4.21. The number of nitrogens with zero attached hydrogens (tertiary/aromatic N) is 2. The normalized spacial score (nSPS) is 10.7. The summed E-state index contributed by atoms with van der Waals surface area (Å²) in [4.78, 5) is 22.6. The van der Waals surface area contributed by atoms with Gasteiger partial charge in [0.15, 0.2) is 5.16 Å². The van der Waals surface area contributed by atoms with E-state index in [0.29, 0.717) is 5.16 Å². The number of aryl methyl sites for hydroxylation is 1. The highest BCUT2D eigenvalue weighted by atomic mass is 32.2. The first-order valence-corrected chi connectivity index (χ1v) is 7.22. The van der Waals surface area contributed by atoms with Gasteiger partial charge in [0.2, 0.25) is 0 Å². The topological polar surface area (TPSA) is 88.0 Å². The fraction of sp³-hybridized carbons (Fsp3) is 0.308. The number of hydrogen-bond acceptors (Lipinski definition) is 4. The fourth-order valence-corrected chi connectivity index (χ4v) is 2.60. The van der Waals surface area contributed by atoms with Gasteiger partial charge in [-0.15, -0.1) is 5.10 Å². The zero-order valence-electron chi connectivity index (χ0n) is 11.0. The van der Waals surface area contributed by atoms with Gasteiger partial charge in [0.05, 0.1) is 11.4 Å². The highest BCUT2D eigenvalue weighted by Crippen LogP contribution is 2.21. The molecule has 0 atom stereocenters. The van der Waals surface area contributed by atoms with E-state index in [0.717, 1.165) is 35.9 Å². The molecule has 20 heavy (non-hydrogen) atoms. The minimum absolute atomic E-state index is 0.139. The van der Waals surface area contributed by atoms with E-state index in [9.17, 15) is 9.59 Å². The molecule has 0 radical (unpaired) electrons. The van der Waals surface area contributed by atoms with Gasteiger partial charge >= 0.3 is 11.7 Å². The van der Waals surface area contributed by atoms with Gasteiger partial charge < -0.3 is 5.11 Å². The number of hydrogen-bond donors (Lipinski definition) is 2. The SMILES string of the molecule is CCCc1ccccc1-n1c(SCC(=O)O)n[nH]c1=O. The van der Waals surface area contributed by atoms with Crippen LogP contribution in [0.15, 0.2) is 34.2 Å². The Morgan fingerprint density at radius 2 is 2.20 bits per heavy atom. The van der Waals surface area contributed by atoms with Gasteiger partial charge in [-0.05, 0) is 18.1 Å². The molecule has 0 saturated heterocycles. The van der Waals surface area contributed by atoms with Crippen LogP contribution in [0, 0.1) is 0 Å². The van der Waals surface area contributed by atoms with Crippen molar-refractivity contribution in [2.45, 2.75) is 24.9 Å². The summed E-state index contributed by atoms with van der Waals surface area (Å²) in [5.41, 5.74) is 1.43. The number of thioether (sulfide) groups is 1. The first kappa shape index (κ1) is 14.4. The number of nitrogens with one attached hydrogen (secondary N) is 1. The highest BCUT2D eigenvalue weighted by molar-refractivity contribution is 7.99. The Balaban J connectivity index is 2.44. The van der Waals surface area contributed by atoms with Crippen LogP contribution < -0.4 is 5.69 Å². The summed E-state index contributed by atoms with van der Waals surface area (Å²) in [5, 5.41) is 15.4. The number of benzene rings is 1. The molecule has 0 aliphatic heterocycles. The standard InChI is InChI=1S/C13H15N3O3S/c1-2-5-9-6-3-4-7-10(9)16-12(19)14-15-13(16)20-8-11(17)18/h3-4,6-7H,2,5,8H2,1H3,(H,14,19)(H,17,18). The van der Waals surface area contributed by atoms with E-state index in [4.69, 9.17) is 5.11 Å². The number of aromatic amines is 1. The lowest BCUT2D eigenvalue weighted by atomic mass is 10.1. The average Bonchev–Trinajstić information content (AvgIpc) is 2.79. The van der Waals surface area contributed by atoms with Crippen molar-refractivity contribution < 1.29 is 9.90 Å². The first-order chi connectivity index (χ1) is 9.63. The average molecular weight is 293 g/mol. The van der Waals surface area contributed by atoms with Crippen LogP contribution in [0.4, 0.5) is 0 Å². The van der Waals surface area contributed by atoms with Crippen molar-refractivity contribution in [3.05, 3.63) is 40.3 Å². The number of para-hydroxylation sites is 1. The highest BCUT2D eigenvalue weighted by Gasteiger charge is 2.14. The van der Waals surface area contributed by atoms with Crippen LogP contribution in [0.5, 0.6) is 0 Å². The maximum absolute atomic E-state index is 11.9. The zero-order chi connectivity index (χ0) is 14.5. The number of H-pyrrole nitrogens is 1. The second kappa shape index (κ2) is 6.42. The lowest BCUT2D eigenvalue weighted by Crippen LogP contribution is -2.17. The molecule has 1 heterocycles. The fourth-order valence-electron chi connectivity index (χ4n) is 1.93. The molecule has 0 aliphatic rings. The van der Waals surface area contributed by atoms with Crippen molar-refractivity contribution in [2.24, 2.45) is 0 Å². The van der Waals surface area contributed by atoms with Crippen LogP contribution >= 0.6 is 11.8 Å². The Bertz CT molecular complexity index is 663. The largest absolute Gasteiger partial charge is 0.481 e. The molecule has 0 bridgehead atoms. The smallest absolute Gasteiger partial charge is 0.348 e. The van der Waals surface area contributed by atoms with Gasteiger partial charge in [-0.1, -0.05) is 43.3 Å². The van der Waals surface area contributed by atoms with Gasteiger partial charge in [0.1, 0.15) is 0 Å². The quantitative estimate of drug-likeness (QED) is 0.791. The molecular weight excluding hydrogens is 278 g/mol. The number of carbonyl (C=O) groups is 1. The number of aliphatic carboxylic acids is 1. The van der Waals surface area contributed by atoms with Gasteiger partial charge in [0.25, 0.3) is 0 Å². The Hall–Kier alpha value is -2.02. The minimum atomic E-state index is -0.946. The van der Waals surface area contributed by atoms with Crippen LogP contribution in [0.25, 0.3) is 5.69 Å². The van der Waals surface area contributed by atoms with E-state index in [1.54, 1.807) is 0 Å². The summed E-state index contributed by atoms with van der Waals surface area (Å²) in [6.45, 7) is 2.06. The van der Waals surface area contributed by atoms with E-state index in [2.05, 4.69) is 17.1 Å². The molecule has 0 amide bonds. The van der Waals surface area contributed by atoms with Crippen LogP contribution in [-0.2, 0) is 11.2 Å². The lowest BCUT2D eigenvalue weighted by Gasteiger charge is -2.10. The summed E-state index contributed by atoms with van der Waals surface area (Å²) in [6, 6.07) is 7.57. The summed E-state index contributed by atoms with van der Waals surface area (Å²) in [7, 11) is 0. The minimum Gasteiger partial charge on any atom is -0.481 e. The Morgan fingerprint density at radius 3 is 2.90 bits per heavy atom. The van der Waals surface area contributed by atoms with Crippen LogP contribution in [0.2, 0.25) is 0 Å². The van der Waals surface area contributed by atoms with Gasteiger partial charge in [-0.3, -0.25) is 4.79 Å². The van der Waals surface area contributed by atoms with Crippen molar-refractivity contribution in [3.8, 4) is 5.69 Å². The molecule has 0 fully saturated rings. The van der Waals surface area contributed by atoms with E-state index in [1.165, 1.54) is 4.57 Å². The molecule has 6 nitrogen and oxygen atoms in total. The maximum Gasteiger partial charge on any atom is 0.348 e. The van der Waals surface area contributed by atoms with Crippen molar-refractivity contribution in [3.63, 3.8) is 0 Å². The molecule has 7 heteroatoms. The molecule has 1 aromatic heterocycles. The third-order valence-electron chi connectivity index (χ3n) is 2.72. The molecule has 106 valence electrons. The molecule has 0 unspecified atom stereocenters. The molecule has 0 spiro atoms. The van der Waals surface area contributed by atoms with Crippen molar-refractivity contribution in [2.75, 3.05) is 5.75 Å². The van der Waals surface area contributed by atoms with Gasteiger partial charge in [-0.25, -0.2) is 14.5 Å². The summed E-state index contributed by atoms with van der Waals surface area (Å²) < 4.78 is 1.43. The second-order valence-corrected chi connectivity index (χ2v) is 5.15. The zero-order valence-corrected chi connectivity index (χ0v) is 11.8. The van der Waals surface area contributed by atoms with E-state index >= 15 is 0 Å². The number of carboxylic acid groups (broad SMARTS) is 1. The Labute approximate surface area is 119 Å². The molecule has 2 rings (SSSR count).